The highest BCUT2D eigenvalue weighted by molar-refractivity contribution is 7.11. The van der Waals surface area contributed by atoms with Crippen LogP contribution >= 0.6 is 22.9 Å². The summed E-state index contributed by atoms with van der Waals surface area (Å²) in [6, 6.07) is 2.95. The van der Waals surface area contributed by atoms with Crippen LogP contribution in [0.4, 0.5) is 4.39 Å². The van der Waals surface area contributed by atoms with Crippen molar-refractivity contribution in [3.05, 3.63) is 62.5 Å². The molecule has 1 saturated heterocycles. The van der Waals surface area contributed by atoms with E-state index in [1.54, 1.807) is 6.20 Å². The Balaban J connectivity index is 1.82. The molecule has 32 heavy (non-hydrogen) atoms. The number of aliphatic imine (C=N–C) groups is 1. The molecule has 2 aliphatic rings. The number of carbonyl (C=O) groups is 1. The molecule has 2 atom stereocenters. The molecular formula is C21H22ClFN4O4S. The fourth-order valence-electron chi connectivity index (χ4n) is 3.74. The van der Waals surface area contributed by atoms with Gasteiger partial charge in [-0.15, -0.1) is 11.3 Å². The maximum atomic E-state index is 13.7. The lowest BCUT2D eigenvalue weighted by Crippen LogP contribution is -2.50. The largest absolute Gasteiger partial charge is 0.466 e. The Morgan fingerprint density at radius 3 is 3.03 bits per heavy atom. The van der Waals surface area contributed by atoms with E-state index in [0.717, 1.165) is 0 Å². The van der Waals surface area contributed by atoms with E-state index < -0.39 is 17.8 Å². The Morgan fingerprint density at radius 2 is 2.34 bits per heavy atom. The van der Waals surface area contributed by atoms with Crippen molar-refractivity contribution in [3.63, 3.8) is 0 Å². The van der Waals surface area contributed by atoms with Gasteiger partial charge in [-0.1, -0.05) is 17.7 Å². The van der Waals surface area contributed by atoms with Crippen LogP contribution in [0.1, 0.15) is 16.6 Å². The molecule has 0 radical (unpaired) electrons. The van der Waals surface area contributed by atoms with Crippen LogP contribution in [0.15, 0.2) is 46.0 Å². The van der Waals surface area contributed by atoms with Crippen LogP contribution in [0.25, 0.3) is 0 Å². The quantitative estimate of drug-likeness (QED) is 0.611. The third kappa shape index (κ3) is 4.69. The molecule has 0 amide bonds. The van der Waals surface area contributed by atoms with E-state index in [9.17, 15) is 14.3 Å². The highest BCUT2D eigenvalue weighted by Crippen LogP contribution is 2.37. The van der Waals surface area contributed by atoms with Crippen molar-refractivity contribution in [3.8, 4) is 0 Å². The van der Waals surface area contributed by atoms with Gasteiger partial charge in [-0.05, 0) is 12.1 Å². The molecule has 3 heterocycles. The molecule has 0 spiro atoms. The fraction of sp³-hybridized carbons (Fsp3) is 0.381. The Hall–Kier alpha value is -2.37. The van der Waals surface area contributed by atoms with E-state index in [1.165, 1.54) is 36.6 Å². The second-order valence-corrected chi connectivity index (χ2v) is 8.58. The second-order valence-electron chi connectivity index (χ2n) is 7.27. The fourth-order valence-corrected chi connectivity index (χ4v) is 4.59. The first-order valence-corrected chi connectivity index (χ1v) is 11.2. The number of amidine groups is 1. The van der Waals surface area contributed by atoms with E-state index in [2.05, 4.69) is 10.3 Å². The molecule has 1 fully saturated rings. The standard InChI is InChI=1S/C21H22ClFN4O4S/c1-30-21(29)17-16(9-27-5-6-31-11-13(27)10-28)25-19(20-24-4-7-32-20)26-18(17)14-3-2-12(23)8-15(14)22/h2-4,7-8,13,18,28H,5-6,9-11H2,1H3,(H,25,26)/t13?,18-/m0/s1. The Bertz CT molecular complexity index is 1050. The number of aromatic nitrogens is 1. The third-order valence-electron chi connectivity index (χ3n) is 5.34. The zero-order valence-corrected chi connectivity index (χ0v) is 18.8. The number of nitrogens with one attached hydrogen (secondary N) is 1. The number of carbonyl (C=O) groups excluding carboxylic acids is 1. The highest BCUT2D eigenvalue weighted by atomic mass is 35.5. The monoisotopic (exact) mass is 480 g/mol. The summed E-state index contributed by atoms with van der Waals surface area (Å²) in [6.45, 7) is 1.72. The Morgan fingerprint density at radius 1 is 1.50 bits per heavy atom. The number of aliphatic hydroxyl groups excluding tert-OH is 1. The van der Waals surface area contributed by atoms with Gasteiger partial charge in [0.2, 0.25) is 0 Å². The minimum atomic E-state index is -0.820. The van der Waals surface area contributed by atoms with Crippen LogP contribution in [0.3, 0.4) is 0 Å². The first-order valence-electron chi connectivity index (χ1n) is 9.95. The molecule has 8 nitrogen and oxygen atoms in total. The molecule has 1 unspecified atom stereocenters. The molecule has 2 aromatic rings. The summed E-state index contributed by atoms with van der Waals surface area (Å²) in [4.78, 5) is 24.0. The molecule has 1 aromatic heterocycles. The van der Waals surface area contributed by atoms with Crippen LogP contribution in [-0.4, -0.2) is 72.9 Å². The van der Waals surface area contributed by atoms with Crippen molar-refractivity contribution in [2.45, 2.75) is 12.1 Å². The van der Waals surface area contributed by atoms with Crippen molar-refractivity contribution in [1.82, 2.24) is 15.2 Å². The second kappa shape index (κ2) is 10.1. The van der Waals surface area contributed by atoms with E-state index in [-0.39, 0.29) is 23.2 Å². The predicted molar refractivity (Wildman–Crippen MR) is 118 cm³/mol. The van der Waals surface area contributed by atoms with Crippen LogP contribution in [0.2, 0.25) is 5.02 Å². The zero-order valence-electron chi connectivity index (χ0n) is 17.3. The van der Waals surface area contributed by atoms with Crippen LogP contribution in [0.5, 0.6) is 0 Å². The summed E-state index contributed by atoms with van der Waals surface area (Å²) in [5, 5.41) is 15.6. The average Bonchev–Trinajstić information content (AvgIpc) is 3.33. The number of morpholine rings is 1. The van der Waals surface area contributed by atoms with E-state index in [0.29, 0.717) is 48.4 Å². The molecule has 2 aliphatic heterocycles. The number of halogens is 2. The van der Waals surface area contributed by atoms with Gasteiger partial charge in [0.1, 0.15) is 11.9 Å². The van der Waals surface area contributed by atoms with Crippen molar-refractivity contribution < 1.29 is 23.8 Å². The number of rotatable bonds is 6. The molecule has 11 heteroatoms. The summed E-state index contributed by atoms with van der Waals surface area (Å²) in [5.74, 6) is -0.588. The summed E-state index contributed by atoms with van der Waals surface area (Å²) in [5.41, 5.74) is 1.30. The van der Waals surface area contributed by atoms with Gasteiger partial charge in [0.25, 0.3) is 0 Å². The number of methoxy groups -OCH3 is 1. The normalized spacial score (nSPS) is 21.8. The molecule has 4 rings (SSSR count). The summed E-state index contributed by atoms with van der Waals surface area (Å²) < 4.78 is 24.3. The first kappa shape index (κ1) is 22.8. The number of hydrogen-bond acceptors (Lipinski definition) is 9. The zero-order chi connectivity index (χ0) is 22.7. The maximum Gasteiger partial charge on any atom is 0.338 e. The highest BCUT2D eigenvalue weighted by Gasteiger charge is 2.35. The maximum absolute atomic E-state index is 13.7. The van der Waals surface area contributed by atoms with Gasteiger partial charge >= 0.3 is 5.97 Å². The average molecular weight is 481 g/mol. The van der Waals surface area contributed by atoms with E-state index in [1.807, 2.05) is 10.3 Å². The van der Waals surface area contributed by atoms with E-state index >= 15 is 0 Å². The van der Waals surface area contributed by atoms with Crippen molar-refractivity contribution in [1.29, 1.82) is 0 Å². The number of hydrogen-bond donors (Lipinski definition) is 2. The number of thiazole rings is 1. The van der Waals surface area contributed by atoms with Gasteiger partial charge in [-0.2, -0.15) is 0 Å². The number of esters is 1. The lowest BCUT2D eigenvalue weighted by Gasteiger charge is -2.36. The minimum absolute atomic E-state index is 0.0819. The predicted octanol–water partition coefficient (Wildman–Crippen LogP) is 2.15. The minimum Gasteiger partial charge on any atom is -0.466 e. The van der Waals surface area contributed by atoms with Gasteiger partial charge in [-0.25, -0.2) is 14.2 Å². The molecule has 0 bridgehead atoms. The Kier molecular flexibility index (Phi) is 7.17. The van der Waals surface area contributed by atoms with Crippen LogP contribution in [0, 0.1) is 5.82 Å². The Labute approximate surface area is 193 Å². The smallest absolute Gasteiger partial charge is 0.338 e. The van der Waals surface area contributed by atoms with Gasteiger partial charge in [0.15, 0.2) is 10.8 Å². The van der Waals surface area contributed by atoms with Crippen molar-refractivity contribution in [2.75, 3.05) is 40.0 Å². The van der Waals surface area contributed by atoms with Gasteiger partial charge in [0.05, 0.1) is 38.5 Å². The summed E-state index contributed by atoms with van der Waals surface area (Å²) >= 11 is 7.75. The van der Waals surface area contributed by atoms with Gasteiger partial charge in [-0.3, -0.25) is 9.89 Å². The van der Waals surface area contributed by atoms with Crippen LogP contribution < -0.4 is 5.32 Å². The number of ether oxygens (including phenoxy) is 2. The summed E-state index contributed by atoms with van der Waals surface area (Å²) in [7, 11) is 1.29. The van der Waals surface area contributed by atoms with Gasteiger partial charge < -0.3 is 19.9 Å². The lowest BCUT2D eigenvalue weighted by atomic mass is 9.95. The first-order chi connectivity index (χ1) is 15.5. The summed E-state index contributed by atoms with van der Waals surface area (Å²) in [6.07, 6.45) is 1.66. The molecular weight excluding hydrogens is 459 g/mol. The topological polar surface area (TPSA) is 96.3 Å². The van der Waals surface area contributed by atoms with Gasteiger partial charge in [0, 0.05) is 40.9 Å². The third-order valence-corrected chi connectivity index (χ3v) is 6.45. The van der Waals surface area contributed by atoms with E-state index in [4.69, 9.17) is 26.1 Å². The lowest BCUT2D eigenvalue weighted by molar-refractivity contribution is -0.136. The SMILES string of the molecule is COC(=O)C1=C(CN2CCOCC2CO)NC(c2nccs2)=N[C@H]1c1ccc(F)cc1Cl. The molecule has 0 saturated carbocycles. The number of aliphatic hydroxyl groups is 1. The molecule has 2 N–H and O–H groups in total. The van der Waals surface area contributed by atoms with Crippen molar-refractivity contribution in [2.24, 2.45) is 4.99 Å². The number of nitrogens with zero attached hydrogens (tertiary/aromatic N) is 3. The molecule has 170 valence electrons. The van der Waals surface area contributed by atoms with Crippen LogP contribution in [-0.2, 0) is 14.3 Å². The van der Waals surface area contributed by atoms with Crippen molar-refractivity contribution >= 4 is 34.7 Å². The molecule has 1 aromatic carbocycles. The molecule has 0 aliphatic carbocycles. The number of benzene rings is 1.